The first kappa shape index (κ1) is 13.9. The topological polar surface area (TPSA) is 65.8 Å². The van der Waals surface area contributed by atoms with Gasteiger partial charge in [0.1, 0.15) is 11.0 Å². The van der Waals surface area contributed by atoms with Crippen molar-refractivity contribution in [3.8, 4) is 6.07 Å². The van der Waals surface area contributed by atoms with Crippen LogP contribution in [0.25, 0.3) is 0 Å². The van der Waals surface area contributed by atoms with Gasteiger partial charge in [-0.05, 0) is 25.5 Å². The molecule has 2 unspecified atom stereocenters. The van der Waals surface area contributed by atoms with E-state index in [4.69, 9.17) is 16.9 Å². The highest BCUT2D eigenvalue weighted by Gasteiger charge is 2.06. The molecule has 0 fully saturated rings. The molecule has 1 heterocycles. The first-order chi connectivity index (χ1) is 8.01. The maximum absolute atomic E-state index is 11.0. The average Bonchev–Trinajstić information content (AvgIpc) is 2.25. The zero-order chi connectivity index (χ0) is 12.8. The number of nitrogens with one attached hydrogen (secondary N) is 1. The zero-order valence-electron chi connectivity index (χ0n) is 9.74. The quantitative estimate of drug-likeness (QED) is 0.834. The Kier molecular flexibility index (Phi) is 5.39. The van der Waals surface area contributed by atoms with Crippen molar-refractivity contribution in [2.45, 2.75) is 19.4 Å². The Morgan fingerprint density at radius 1 is 1.65 bits per heavy atom. The standard InChI is InChI=1S/C11H14ClN3OS/c1-8(3-4-17(2)16)14-11-6-9(7-13)5-10(12)15-11/h5-6,8H,3-4H2,1-2H3,(H,14,15). The Hall–Kier alpha value is -1.12. The van der Waals surface area contributed by atoms with Crippen molar-refractivity contribution < 1.29 is 4.21 Å². The van der Waals surface area contributed by atoms with E-state index in [1.165, 1.54) is 6.07 Å². The number of hydrogen-bond acceptors (Lipinski definition) is 4. The van der Waals surface area contributed by atoms with Gasteiger partial charge >= 0.3 is 0 Å². The van der Waals surface area contributed by atoms with E-state index in [1.54, 1.807) is 12.3 Å². The number of halogens is 1. The lowest BCUT2D eigenvalue weighted by molar-refractivity contribution is 0.678. The van der Waals surface area contributed by atoms with Gasteiger partial charge in [0.05, 0.1) is 11.6 Å². The van der Waals surface area contributed by atoms with Crippen molar-refractivity contribution in [1.82, 2.24) is 4.98 Å². The first-order valence-corrected chi connectivity index (χ1v) is 7.26. The fourth-order valence-corrected chi connectivity index (χ4v) is 2.20. The minimum absolute atomic E-state index is 0.136. The highest BCUT2D eigenvalue weighted by atomic mass is 35.5. The molecule has 4 nitrogen and oxygen atoms in total. The van der Waals surface area contributed by atoms with E-state index in [1.807, 2.05) is 13.0 Å². The van der Waals surface area contributed by atoms with Crippen LogP contribution in [0.4, 0.5) is 5.82 Å². The minimum atomic E-state index is -0.793. The Labute approximate surface area is 108 Å². The van der Waals surface area contributed by atoms with Crippen LogP contribution in [0.15, 0.2) is 12.1 Å². The van der Waals surface area contributed by atoms with E-state index < -0.39 is 10.8 Å². The third-order valence-corrected chi connectivity index (χ3v) is 3.16. The van der Waals surface area contributed by atoms with Crippen molar-refractivity contribution in [2.75, 3.05) is 17.3 Å². The van der Waals surface area contributed by atoms with Crippen molar-refractivity contribution >= 4 is 28.2 Å². The van der Waals surface area contributed by atoms with Gasteiger partial charge < -0.3 is 5.32 Å². The summed E-state index contributed by atoms with van der Waals surface area (Å²) in [6, 6.07) is 5.31. The lowest BCUT2D eigenvalue weighted by Crippen LogP contribution is -2.18. The van der Waals surface area contributed by atoms with E-state index in [0.717, 1.165) is 6.42 Å². The van der Waals surface area contributed by atoms with Gasteiger partial charge in [-0.25, -0.2) is 4.98 Å². The highest BCUT2D eigenvalue weighted by Crippen LogP contribution is 2.15. The summed E-state index contributed by atoms with van der Waals surface area (Å²) < 4.78 is 11.0. The lowest BCUT2D eigenvalue weighted by Gasteiger charge is -2.13. The van der Waals surface area contributed by atoms with Gasteiger partial charge in [-0.2, -0.15) is 5.26 Å². The van der Waals surface area contributed by atoms with Crippen LogP contribution in [0, 0.1) is 11.3 Å². The molecule has 0 saturated carbocycles. The molecule has 0 aliphatic rings. The van der Waals surface area contributed by atoms with Gasteiger partial charge in [-0.1, -0.05) is 11.6 Å². The molecular weight excluding hydrogens is 258 g/mol. The second-order valence-corrected chi connectivity index (χ2v) is 5.73. The summed E-state index contributed by atoms with van der Waals surface area (Å²) in [5.41, 5.74) is 0.471. The molecule has 92 valence electrons. The molecule has 0 saturated heterocycles. The fraction of sp³-hybridized carbons (Fsp3) is 0.455. The van der Waals surface area contributed by atoms with Gasteiger partial charge in [0.15, 0.2) is 0 Å². The van der Waals surface area contributed by atoms with Crippen LogP contribution in [-0.2, 0) is 10.8 Å². The largest absolute Gasteiger partial charge is 0.368 e. The molecular formula is C11H14ClN3OS. The fourth-order valence-electron chi connectivity index (χ4n) is 1.30. The molecule has 0 aliphatic heterocycles. The first-order valence-electron chi connectivity index (χ1n) is 5.15. The Morgan fingerprint density at radius 2 is 2.35 bits per heavy atom. The SMILES string of the molecule is CC(CCS(C)=O)Nc1cc(C#N)cc(Cl)n1. The second kappa shape index (κ2) is 6.58. The smallest absolute Gasteiger partial charge is 0.132 e. The number of aromatic nitrogens is 1. The van der Waals surface area contributed by atoms with Crippen LogP contribution < -0.4 is 5.32 Å². The van der Waals surface area contributed by atoms with E-state index >= 15 is 0 Å². The van der Waals surface area contributed by atoms with Crippen LogP contribution in [0.3, 0.4) is 0 Å². The van der Waals surface area contributed by atoms with Crippen molar-refractivity contribution in [3.63, 3.8) is 0 Å². The normalized spacial score (nSPS) is 13.8. The maximum Gasteiger partial charge on any atom is 0.132 e. The Morgan fingerprint density at radius 3 is 2.94 bits per heavy atom. The zero-order valence-corrected chi connectivity index (χ0v) is 11.3. The van der Waals surface area contributed by atoms with E-state index in [2.05, 4.69) is 10.3 Å². The number of rotatable bonds is 5. The summed E-state index contributed by atoms with van der Waals surface area (Å²) in [6.07, 6.45) is 2.46. The summed E-state index contributed by atoms with van der Waals surface area (Å²) in [4.78, 5) is 4.08. The molecule has 1 aromatic rings. The number of anilines is 1. The number of pyridine rings is 1. The predicted molar refractivity (Wildman–Crippen MR) is 70.6 cm³/mol. The molecule has 6 heteroatoms. The van der Waals surface area contributed by atoms with Gasteiger partial charge in [0, 0.05) is 28.9 Å². The molecule has 0 aliphatic carbocycles. The molecule has 0 spiro atoms. The summed E-state index contributed by atoms with van der Waals surface area (Å²) in [5.74, 6) is 1.21. The van der Waals surface area contributed by atoms with Gasteiger partial charge in [-0.15, -0.1) is 0 Å². The Bertz CT molecular complexity index is 459. The lowest BCUT2D eigenvalue weighted by atomic mass is 10.2. The average molecular weight is 272 g/mol. The van der Waals surface area contributed by atoms with Crippen LogP contribution in [0.5, 0.6) is 0 Å². The molecule has 17 heavy (non-hydrogen) atoms. The van der Waals surface area contributed by atoms with Crippen molar-refractivity contribution in [3.05, 3.63) is 22.8 Å². The summed E-state index contributed by atoms with van der Waals surface area (Å²) >= 11 is 5.79. The molecule has 1 aromatic heterocycles. The third-order valence-electron chi connectivity index (χ3n) is 2.16. The maximum atomic E-state index is 11.0. The monoisotopic (exact) mass is 271 g/mol. The number of nitrogens with zero attached hydrogens (tertiary/aromatic N) is 2. The number of nitriles is 1. The molecule has 1 N–H and O–H groups in total. The minimum Gasteiger partial charge on any atom is -0.368 e. The molecule has 0 radical (unpaired) electrons. The van der Waals surface area contributed by atoms with Crippen molar-refractivity contribution in [1.29, 1.82) is 5.26 Å². The molecule has 1 rings (SSSR count). The van der Waals surface area contributed by atoms with Crippen LogP contribution in [0.2, 0.25) is 5.15 Å². The van der Waals surface area contributed by atoms with Crippen LogP contribution in [-0.4, -0.2) is 27.2 Å². The van der Waals surface area contributed by atoms with E-state index in [0.29, 0.717) is 17.1 Å². The van der Waals surface area contributed by atoms with E-state index in [9.17, 15) is 4.21 Å². The Balaban J connectivity index is 2.65. The predicted octanol–water partition coefficient (Wildman–Crippen LogP) is 2.18. The van der Waals surface area contributed by atoms with Gasteiger partial charge in [0.25, 0.3) is 0 Å². The van der Waals surface area contributed by atoms with Crippen molar-refractivity contribution in [2.24, 2.45) is 0 Å². The third kappa shape index (κ3) is 5.16. The van der Waals surface area contributed by atoms with Gasteiger partial charge in [-0.3, -0.25) is 4.21 Å². The molecule has 0 amide bonds. The van der Waals surface area contributed by atoms with Gasteiger partial charge in [0.2, 0.25) is 0 Å². The van der Waals surface area contributed by atoms with E-state index in [-0.39, 0.29) is 11.2 Å². The summed E-state index contributed by atoms with van der Waals surface area (Å²) in [7, 11) is -0.793. The number of hydrogen-bond donors (Lipinski definition) is 1. The second-order valence-electron chi connectivity index (χ2n) is 3.79. The molecule has 0 bridgehead atoms. The molecule has 0 aromatic carbocycles. The summed E-state index contributed by atoms with van der Waals surface area (Å²) in [6.45, 7) is 1.97. The van der Waals surface area contributed by atoms with Crippen LogP contribution >= 0.6 is 11.6 Å². The summed E-state index contributed by atoms with van der Waals surface area (Å²) in [5, 5.41) is 12.2. The van der Waals surface area contributed by atoms with Crippen LogP contribution in [0.1, 0.15) is 18.9 Å². The highest BCUT2D eigenvalue weighted by molar-refractivity contribution is 7.84. The molecule has 2 atom stereocenters.